The van der Waals surface area contributed by atoms with Crippen LogP contribution < -0.4 is 10.2 Å². The zero-order valence-corrected chi connectivity index (χ0v) is 13.4. The van der Waals surface area contributed by atoms with Gasteiger partial charge < -0.3 is 4.74 Å². The standard InChI is InChI=1S/C16H14Cl2N2O2/c1-22-12-7-5-11(6-8-12)9-16(21)20-19-10-13-14(17)3-2-4-15(13)18/h2-8,10H,9H2,1H3,(H,20,21)/b19-10-. The molecule has 0 saturated carbocycles. The Morgan fingerprint density at radius 1 is 1.18 bits per heavy atom. The van der Waals surface area contributed by atoms with Crippen LogP contribution in [0, 0.1) is 0 Å². The van der Waals surface area contributed by atoms with Gasteiger partial charge in [0.25, 0.3) is 0 Å². The van der Waals surface area contributed by atoms with E-state index in [2.05, 4.69) is 10.5 Å². The molecule has 0 atom stereocenters. The maximum absolute atomic E-state index is 11.8. The van der Waals surface area contributed by atoms with E-state index >= 15 is 0 Å². The fourth-order valence-corrected chi connectivity index (χ4v) is 2.27. The lowest BCUT2D eigenvalue weighted by atomic mass is 10.1. The van der Waals surface area contributed by atoms with Crippen LogP contribution in [0.15, 0.2) is 47.6 Å². The fraction of sp³-hybridized carbons (Fsp3) is 0.125. The molecule has 2 aromatic carbocycles. The SMILES string of the molecule is COc1ccc(CC(=O)N/N=C\c2c(Cl)cccc2Cl)cc1. The van der Waals surface area contributed by atoms with Gasteiger partial charge in [0, 0.05) is 5.56 Å². The first-order valence-corrected chi connectivity index (χ1v) is 7.24. The molecule has 114 valence electrons. The Morgan fingerprint density at radius 2 is 1.82 bits per heavy atom. The molecule has 0 radical (unpaired) electrons. The van der Waals surface area contributed by atoms with Crippen molar-refractivity contribution in [2.24, 2.45) is 5.10 Å². The average Bonchev–Trinajstić information content (AvgIpc) is 2.51. The van der Waals surface area contributed by atoms with Gasteiger partial charge in [-0.25, -0.2) is 5.43 Å². The second kappa shape index (κ2) is 7.82. The molecule has 4 nitrogen and oxygen atoms in total. The number of amides is 1. The van der Waals surface area contributed by atoms with Crippen LogP contribution in [-0.2, 0) is 11.2 Å². The number of nitrogens with zero attached hydrogens (tertiary/aromatic N) is 1. The number of halogens is 2. The normalized spacial score (nSPS) is 10.7. The molecule has 0 aromatic heterocycles. The number of ether oxygens (including phenoxy) is 1. The van der Waals surface area contributed by atoms with Crippen molar-refractivity contribution in [2.75, 3.05) is 7.11 Å². The summed E-state index contributed by atoms with van der Waals surface area (Å²) in [4.78, 5) is 11.8. The summed E-state index contributed by atoms with van der Waals surface area (Å²) in [5.41, 5.74) is 3.88. The third kappa shape index (κ3) is 4.48. The first kappa shape index (κ1) is 16.3. The summed E-state index contributed by atoms with van der Waals surface area (Å²) in [5.74, 6) is 0.514. The Hall–Kier alpha value is -2.04. The molecule has 22 heavy (non-hydrogen) atoms. The molecule has 0 fully saturated rings. The average molecular weight is 337 g/mol. The van der Waals surface area contributed by atoms with Crippen LogP contribution in [0.5, 0.6) is 5.75 Å². The first-order valence-electron chi connectivity index (χ1n) is 6.49. The van der Waals surface area contributed by atoms with Crippen LogP contribution in [0.25, 0.3) is 0 Å². The number of hydrogen-bond acceptors (Lipinski definition) is 3. The van der Waals surface area contributed by atoms with E-state index in [4.69, 9.17) is 27.9 Å². The number of nitrogens with one attached hydrogen (secondary N) is 1. The predicted molar refractivity (Wildman–Crippen MR) is 88.9 cm³/mol. The smallest absolute Gasteiger partial charge is 0.244 e. The van der Waals surface area contributed by atoms with Gasteiger partial charge in [0.05, 0.1) is 29.8 Å². The van der Waals surface area contributed by atoms with Gasteiger partial charge in [0.2, 0.25) is 5.91 Å². The highest BCUT2D eigenvalue weighted by atomic mass is 35.5. The third-order valence-corrected chi connectivity index (χ3v) is 3.57. The number of methoxy groups -OCH3 is 1. The van der Waals surface area contributed by atoms with E-state index in [1.54, 1.807) is 37.4 Å². The molecule has 0 spiro atoms. The van der Waals surface area contributed by atoms with E-state index in [-0.39, 0.29) is 12.3 Å². The monoisotopic (exact) mass is 336 g/mol. The number of hydrazone groups is 1. The van der Waals surface area contributed by atoms with E-state index in [1.165, 1.54) is 6.21 Å². The van der Waals surface area contributed by atoms with E-state index in [0.717, 1.165) is 11.3 Å². The molecule has 0 bridgehead atoms. The molecule has 0 aliphatic heterocycles. The minimum absolute atomic E-state index is 0.220. The van der Waals surface area contributed by atoms with Gasteiger partial charge in [-0.15, -0.1) is 0 Å². The highest BCUT2D eigenvalue weighted by Gasteiger charge is 2.04. The molecule has 2 aromatic rings. The third-order valence-electron chi connectivity index (χ3n) is 2.91. The highest BCUT2D eigenvalue weighted by molar-refractivity contribution is 6.38. The van der Waals surface area contributed by atoms with Crippen LogP contribution in [-0.4, -0.2) is 19.2 Å². The number of carbonyl (C=O) groups is 1. The summed E-state index contributed by atoms with van der Waals surface area (Å²) in [6.07, 6.45) is 1.65. The Bertz CT molecular complexity index is 665. The Morgan fingerprint density at radius 3 is 2.41 bits per heavy atom. The second-order valence-electron chi connectivity index (χ2n) is 4.45. The quantitative estimate of drug-likeness (QED) is 0.668. The second-order valence-corrected chi connectivity index (χ2v) is 5.27. The molecule has 6 heteroatoms. The minimum atomic E-state index is -0.232. The van der Waals surface area contributed by atoms with Crippen molar-refractivity contribution in [3.05, 3.63) is 63.6 Å². The van der Waals surface area contributed by atoms with Crippen molar-refractivity contribution >= 4 is 35.3 Å². The van der Waals surface area contributed by atoms with Gasteiger partial charge in [-0.3, -0.25) is 4.79 Å². The summed E-state index contributed by atoms with van der Waals surface area (Å²) >= 11 is 12.0. The molecule has 0 heterocycles. The van der Waals surface area contributed by atoms with Gasteiger partial charge in [-0.05, 0) is 29.8 Å². The van der Waals surface area contributed by atoms with Gasteiger partial charge in [-0.1, -0.05) is 41.4 Å². The van der Waals surface area contributed by atoms with E-state index < -0.39 is 0 Å². The largest absolute Gasteiger partial charge is 0.497 e. The zero-order valence-electron chi connectivity index (χ0n) is 11.8. The van der Waals surface area contributed by atoms with Gasteiger partial charge >= 0.3 is 0 Å². The van der Waals surface area contributed by atoms with Crippen molar-refractivity contribution in [2.45, 2.75) is 6.42 Å². The lowest BCUT2D eigenvalue weighted by Crippen LogP contribution is -2.19. The van der Waals surface area contributed by atoms with Gasteiger partial charge in [0.15, 0.2) is 0 Å². The van der Waals surface area contributed by atoms with E-state index in [1.807, 2.05) is 12.1 Å². The Labute approximate surface area is 138 Å². The fourth-order valence-electron chi connectivity index (χ4n) is 1.77. The summed E-state index contributed by atoms with van der Waals surface area (Å²) in [6.45, 7) is 0. The van der Waals surface area contributed by atoms with Crippen LogP contribution >= 0.6 is 23.2 Å². The van der Waals surface area contributed by atoms with Crippen LogP contribution in [0.3, 0.4) is 0 Å². The number of carbonyl (C=O) groups excluding carboxylic acids is 1. The summed E-state index contributed by atoms with van der Waals surface area (Å²) < 4.78 is 5.06. The number of rotatable bonds is 5. The molecular weight excluding hydrogens is 323 g/mol. The molecule has 0 unspecified atom stereocenters. The van der Waals surface area contributed by atoms with Gasteiger partial charge in [0.1, 0.15) is 5.75 Å². The minimum Gasteiger partial charge on any atom is -0.497 e. The number of benzene rings is 2. The highest BCUT2D eigenvalue weighted by Crippen LogP contribution is 2.22. The lowest BCUT2D eigenvalue weighted by molar-refractivity contribution is -0.120. The molecule has 0 saturated heterocycles. The topological polar surface area (TPSA) is 50.7 Å². The number of hydrogen-bond donors (Lipinski definition) is 1. The van der Waals surface area contributed by atoms with Crippen molar-refractivity contribution < 1.29 is 9.53 Å². The molecule has 0 aliphatic rings. The van der Waals surface area contributed by atoms with Crippen LogP contribution in [0.1, 0.15) is 11.1 Å². The lowest BCUT2D eigenvalue weighted by Gasteiger charge is -2.03. The zero-order chi connectivity index (χ0) is 15.9. The molecule has 0 aliphatic carbocycles. The predicted octanol–water partition coefficient (Wildman–Crippen LogP) is 3.69. The van der Waals surface area contributed by atoms with Gasteiger partial charge in [-0.2, -0.15) is 5.10 Å². The van der Waals surface area contributed by atoms with Crippen molar-refractivity contribution in [3.63, 3.8) is 0 Å². The van der Waals surface area contributed by atoms with Crippen molar-refractivity contribution in [1.29, 1.82) is 0 Å². The maximum atomic E-state index is 11.8. The summed E-state index contributed by atoms with van der Waals surface area (Å²) in [6, 6.07) is 12.4. The van der Waals surface area contributed by atoms with Crippen LogP contribution in [0.4, 0.5) is 0 Å². The maximum Gasteiger partial charge on any atom is 0.244 e. The molecular formula is C16H14Cl2N2O2. The Balaban J connectivity index is 1.93. The molecule has 1 N–H and O–H groups in total. The summed E-state index contributed by atoms with van der Waals surface area (Å²) in [7, 11) is 1.59. The molecule has 2 rings (SSSR count). The van der Waals surface area contributed by atoms with Crippen molar-refractivity contribution in [1.82, 2.24) is 5.43 Å². The summed E-state index contributed by atoms with van der Waals surface area (Å²) in [5, 5.41) is 4.82. The van der Waals surface area contributed by atoms with Crippen molar-refractivity contribution in [3.8, 4) is 5.75 Å². The van der Waals surface area contributed by atoms with E-state index in [0.29, 0.717) is 15.6 Å². The molecule has 1 amide bonds. The van der Waals surface area contributed by atoms with Crippen LogP contribution in [0.2, 0.25) is 10.0 Å². The first-order chi connectivity index (χ1) is 10.6. The Kier molecular flexibility index (Phi) is 5.81. The van der Waals surface area contributed by atoms with E-state index in [9.17, 15) is 4.79 Å².